The van der Waals surface area contributed by atoms with Crippen LogP contribution in [0.5, 0.6) is 0 Å². The molecule has 0 unspecified atom stereocenters. The van der Waals surface area contributed by atoms with Crippen LogP contribution < -0.4 is 0 Å². The minimum atomic E-state index is -2.79. The first-order valence-electron chi connectivity index (χ1n) is 2.57. The van der Waals surface area contributed by atoms with Gasteiger partial charge in [-0.2, -0.15) is 0 Å². The normalized spacial score (nSPS) is 18.4. The quantitative estimate of drug-likeness (QED) is 0.403. The summed E-state index contributed by atoms with van der Waals surface area (Å²) in [6, 6.07) is 0. The first kappa shape index (κ1) is 1.96. The Morgan fingerprint density at radius 1 is 2.40 bits per heavy atom. The van der Waals surface area contributed by atoms with Gasteiger partial charge in [0.25, 0.3) is 7.40 Å². The maximum absolute atomic E-state index is 9.86. The third kappa shape index (κ3) is 123. The van der Waals surface area contributed by atoms with Crippen LogP contribution in [0.1, 0.15) is 11.0 Å². The zero-order chi connectivity index (χ0) is 6.78. The number of carboxylic acids is 1. The van der Waals surface area contributed by atoms with Crippen LogP contribution in [-0.4, -0.2) is 40.6 Å². The molecule has 0 rings (SSSR count). The topological polar surface area (TPSA) is 37.3 Å². The maximum atomic E-state index is 9.86. The molecule has 1 N–H and O–H groups in total. The molecule has 0 atom stereocenters. The molecule has 2 nitrogen and oxygen atoms in total. The number of rotatable bonds is 0. The van der Waals surface area contributed by atoms with Gasteiger partial charge in [0, 0.05) is 11.0 Å². The number of aliphatic carboxylic acids is 1. The second-order valence-corrected chi connectivity index (χ2v) is 0.287. The van der Waals surface area contributed by atoms with E-state index in [9.17, 15) is 4.79 Å². The summed E-state index contributed by atoms with van der Waals surface area (Å²) in [6.07, 6.45) is 0. The summed E-state index contributed by atoms with van der Waals surface area (Å²) >= 11 is 0. The summed E-state index contributed by atoms with van der Waals surface area (Å²) in [6.45, 7) is -2.79. The molecule has 0 aromatic carbocycles. The predicted molar refractivity (Wildman–Crippen MR) is 20.5 cm³/mol. The number of carboxylic acid groups (broad SMARTS) is 1. The van der Waals surface area contributed by atoms with Crippen molar-refractivity contribution in [2.45, 2.75) is 6.85 Å². The number of carbonyl (C=O) groups is 1. The van der Waals surface area contributed by atoms with Crippen LogP contribution in [0, 0.1) is 0 Å². The third-order valence-corrected chi connectivity index (χ3v) is 0. The molecule has 0 aliphatic heterocycles. The van der Waals surface area contributed by atoms with Crippen molar-refractivity contribution in [1.82, 2.24) is 0 Å². The predicted octanol–water partition coefficient (Wildman–Crippen LogP) is -0.558. The molecule has 0 heterocycles. The number of hydrogen-bond donors (Lipinski definition) is 1. The molecule has 5 heavy (non-hydrogen) atoms. The van der Waals surface area contributed by atoms with Crippen LogP contribution in [0.4, 0.5) is 0 Å². The SMILES string of the molecule is [2H]OC(=O)C([2H])([2H])[2H].[NaH]. The Balaban J connectivity index is 0. The third-order valence-electron chi connectivity index (χ3n) is 0. The molecule has 0 spiro atoms. The van der Waals surface area contributed by atoms with Crippen molar-refractivity contribution >= 4 is 35.5 Å². The van der Waals surface area contributed by atoms with Gasteiger partial charge in [0.15, 0.2) is 0 Å². The second kappa shape index (κ2) is 4.47. The standard InChI is InChI=1S/C2H4O2.Na.H/c1-2(3)4;;/h1H3,(H,3,4);;/i1D3;;/hD. The van der Waals surface area contributed by atoms with Gasteiger partial charge in [0.1, 0.15) is 0 Å². The monoisotopic (exact) mass is 88.0 g/mol. The van der Waals surface area contributed by atoms with Crippen LogP contribution in [0.15, 0.2) is 0 Å². The van der Waals surface area contributed by atoms with Crippen molar-refractivity contribution in [3.63, 3.8) is 0 Å². The van der Waals surface area contributed by atoms with Crippen molar-refractivity contribution in [2.24, 2.45) is 0 Å². The second-order valence-electron chi connectivity index (χ2n) is 0.287. The van der Waals surface area contributed by atoms with E-state index in [1.807, 2.05) is 0 Å². The molecule has 0 saturated carbocycles. The summed E-state index contributed by atoms with van der Waals surface area (Å²) < 4.78 is 24.7. The van der Waals surface area contributed by atoms with Crippen LogP contribution in [0.3, 0.4) is 0 Å². The van der Waals surface area contributed by atoms with Crippen LogP contribution in [-0.2, 0) is 4.79 Å². The fraction of sp³-hybridized carbons (Fsp3) is 0.500. The molecule has 3 heteroatoms. The molecule has 0 aromatic heterocycles. The molecule has 0 radical (unpaired) electrons. The van der Waals surface area contributed by atoms with E-state index in [0.717, 1.165) is 0 Å². The van der Waals surface area contributed by atoms with E-state index < -0.39 is 12.8 Å². The summed E-state index contributed by atoms with van der Waals surface area (Å²) in [5.74, 6) is -1.50. The van der Waals surface area contributed by atoms with Gasteiger partial charge >= 0.3 is 29.6 Å². The fourth-order valence-electron chi connectivity index (χ4n) is 0. The van der Waals surface area contributed by atoms with Crippen molar-refractivity contribution in [3.8, 4) is 0 Å². The molecular formula is C2H5NaO2. The van der Waals surface area contributed by atoms with Crippen molar-refractivity contribution < 1.29 is 14.0 Å². The molecule has 0 aromatic rings. The van der Waals surface area contributed by atoms with Gasteiger partial charge in [0.2, 0.25) is 0 Å². The molecule has 0 bridgehead atoms. The average molecular weight is 88.1 g/mol. The summed E-state index contributed by atoms with van der Waals surface area (Å²) in [5.41, 5.74) is 0. The molecule has 0 fully saturated rings. The fourth-order valence-corrected chi connectivity index (χ4v) is 0. The minimum absolute atomic E-state index is 0. The molecule has 26 valence electrons. The van der Waals surface area contributed by atoms with E-state index in [4.69, 9.17) is 5.54 Å². The van der Waals surface area contributed by atoms with Crippen molar-refractivity contribution in [3.05, 3.63) is 0 Å². The molecule has 0 saturated heterocycles. The zero-order valence-corrected chi connectivity index (χ0v) is 1.82. The first-order chi connectivity index (χ1) is 3.48. The summed E-state index contributed by atoms with van der Waals surface area (Å²) in [5, 5.41) is 3.16. The Morgan fingerprint density at radius 3 is 3.00 bits per heavy atom. The van der Waals surface area contributed by atoms with Gasteiger partial charge in [-0.05, 0) is 0 Å². The number of hydrogen-bond acceptors (Lipinski definition) is 2. The molecule has 0 aliphatic rings. The zero-order valence-electron chi connectivity index (χ0n) is 5.82. The Morgan fingerprint density at radius 2 is 3.00 bits per heavy atom. The van der Waals surface area contributed by atoms with E-state index in [2.05, 4.69) is 5.11 Å². The Labute approximate surface area is 58.2 Å². The molecule has 0 amide bonds. The van der Waals surface area contributed by atoms with Gasteiger partial charge in [-0.3, -0.25) is 4.79 Å². The van der Waals surface area contributed by atoms with Gasteiger partial charge in [-0.25, -0.2) is 0 Å². The molecular weight excluding hydrogens is 79.0 g/mol. The molecule has 0 aliphatic carbocycles. The first-order valence-corrected chi connectivity index (χ1v) is 0.658. The van der Waals surface area contributed by atoms with E-state index in [1.54, 1.807) is 0 Å². The van der Waals surface area contributed by atoms with Gasteiger partial charge in [-0.1, -0.05) is 0 Å². The Hall–Kier alpha value is 0.470. The van der Waals surface area contributed by atoms with E-state index >= 15 is 0 Å². The van der Waals surface area contributed by atoms with Crippen LogP contribution in [0.25, 0.3) is 1.43 Å². The van der Waals surface area contributed by atoms with E-state index in [1.165, 1.54) is 0 Å². The summed E-state index contributed by atoms with van der Waals surface area (Å²) in [4.78, 5) is 9.86. The summed E-state index contributed by atoms with van der Waals surface area (Å²) in [7, 11) is 0. The average Bonchev–Trinajstić information content (AvgIpc) is 1.62. The van der Waals surface area contributed by atoms with Gasteiger partial charge in [0.05, 0.1) is 0 Å². The van der Waals surface area contributed by atoms with Gasteiger partial charge in [-0.15, -0.1) is 0 Å². The van der Waals surface area contributed by atoms with Crippen LogP contribution in [0.2, 0.25) is 0 Å². The van der Waals surface area contributed by atoms with E-state index in [-0.39, 0.29) is 29.6 Å². The van der Waals surface area contributed by atoms with Crippen molar-refractivity contribution in [2.75, 3.05) is 0 Å². The van der Waals surface area contributed by atoms with Gasteiger partial charge < -0.3 is 5.11 Å². The Bertz CT molecular complexity index is 99.2. The van der Waals surface area contributed by atoms with Crippen molar-refractivity contribution in [1.29, 1.82) is 1.43 Å². The van der Waals surface area contributed by atoms with E-state index in [0.29, 0.717) is 0 Å². The van der Waals surface area contributed by atoms with Crippen LogP contribution >= 0.6 is 0 Å². The Kier molecular flexibility index (Phi) is 1.75.